The zero-order valence-electron chi connectivity index (χ0n) is 19.8. The quantitative estimate of drug-likeness (QED) is 0.521. The fraction of sp³-hybridized carbons (Fsp3) is 0.286. The van der Waals surface area contributed by atoms with E-state index in [1.54, 1.807) is 36.9 Å². The van der Waals surface area contributed by atoms with Crippen LogP contribution in [0.4, 0.5) is 11.4 Å². The maximum absolute atomic E-state index is 13.2. The number of amides is 2. The summed E-state index contributed by atoms with van der Waals surface area (Å²) in [7, 11) is 0. The van der Waals surface area contributed by atoms with Gasteiger partial charge in [0.05, 0.1) is 12.2 Å². The van der Waals surface area contributed by atoms with E-state index < -0.39 is 5.60 Å². The molecule has 0 saturated heterocycles. The van der Waals surface area contributed by atoms with E-state index in [1.165, 1.54) is 5.56 Å². The third kappa shape index (κ3) is 4.77. The molecule has 0 spiro atoms. The minimum atomic E-state index is -0.986. The lowest BCUT2D eigenvalue weighted by Gasteiger charge is -2.39. The standard InChI is InChI=1S/C28H30N2O3/c1-18(2)21-10-13-23(14-11-21)29-26(31)22-12-15-25-24(16-22)30(27(32)28(4,5)33-25)17-20-8-6-19(3)7-9-20/h6-16,18H,17H2,1-5H3,(H,29,31). The number of hydrogen-bond donors (Lipinski definition) is 1. The lowest BCUT2D eigenvalue weighted by Crippen LogP contribution is -2.52. The summed E-state index contributed by atoms with van der Waals surface area (Å²) in [6, 6.07) is 21.2. The Labute approximate surface area is 195 Å². The van der Waals surface area contributed by atoms with Gasteiger partial charge in [-0.2, -0.15) is 0 Å². The molecule has 5 heteroatoms. The van der Waals surface area contributed by atoms with Gasteiger partial charge in [-0.25, -0.2) is 0 Å². The monoisotopic (exact) mass is 442 g/mol. The molecule has 33 heavy (non-hydrogen) atoms. The first-order valence-corrected chi connectivity index (χ1v) is 11.3. The second-order valence-electron chi connectivity index (χ2n) is 9.40. The number of fused-ring (bicyclic) bond motifs is 1. The summed E-state index contributed by atoms with van der Waals surface area (Å²) in [5.74, 6) is 0.640. The Morgan fingerprint density at radius 1 is 1.00 bits per heavy atom. The smallest absolute Gasteiger partial charge is 0.271 e. The fourth-order valence-corrected chi connectivity index (χ4v) is 3.90. The summed E-state index contributed by atoms with van der Waals surface area (Å²) >= 11 is 0. The zero-order chi connectivity index (χ0) is 23.8. The van der Waals surface area contributed by atoms with Gasteiger partial charge in [-0.3, -0.25) is 9.59 Å². The van der Waals surface area contributed by atoms with Crippen LogP contribution in [0.5, 0.6) is 5.75 Å². The molecular formula is C28H30N2O3. The third-order valence-electron chi connectivity index (χ3n) is 5.93. The summed E-state index contributed by atoms with van der Waals surface area (Å²) in [6.45, 7) is 10.2. The van der Waals surface area contributed by atoms with Crippen molar-refractivity contribution in [1.82, 2.24) is 0 Å². The molecule has 0 aliphatic carbocycles. The number of anilines is 2. The molecular weight excluding hydrogens is 412 g/mol. The van der Waals surface area contributed by atoms with Crippen molar-refractivity contribution in [3.8, 4) is 5.75 Å². The number of benzene rings is 3. The van der Waals surface area contributed by atoms with Crippen LogP contribution in [0.1, 0.15) is 60.7 Å². The Bertz CT molecular complexity index is 1180. The number of aryl methyl sites for hydroxylation is 1. The van der Waals surface area contributed by atoms with Crippen LogP contribution in [0, 0.1) is 6.92 Å². The average Bonchev–Trinajstić information content (AvgIpc) is 2.78. The largest absolute Gasteiger partial charge is 0.476 e. The van der Waals surface area contributed by atoms with Gasteiger partial charge < -0.3 is 15.0 Å². The van der Waals surface area contributed by atoms with E-state index in [0.717, 1.165) is 16.8 Å². The maximum atomic E-state index is 13.2. The van der Waals surface area contributed by atoms with Gasteiger partial charge in [0.25, 0.3) is 11.8 Å². The molecule has 0 aromatic heterocycles. The van der Waals surface area contributed by atoms with Crippen molar-refractivity contribution in [3.05, 3.63) is 89.0 Å². The molecule has 3 aromatic carbocycles. The lowest BCUT2D eigenvalue weighted by molar-refractivity contribution is -0.132. The average molecular weight is 443 g/mol. The molecule has 170 valence electrons. The molecule has 4 rings (SSSR count). The van der Waals surface area contributed by atoms with Crippen LogP contribution in [-0.4, -0.2) is 17.4 Å². The number of ether oxygens (including phenoxy) is 1. The van der Waals surface area contributed by atoms with Crippen LogP contribution in [0.25, 0.3) is 0 Å². The van der Waals surface area contributed by atoms with Crippen molar-refractivity contribution in [2.75, 3.05) is 10.2 Å². The van der Waals surface area contributed by atoms with Gasteiger partial charge in [-0.15, -0.1) is 0 Å². The molecule has 1 heterocycles. The minimum Gasteiger partial charge on any atom is -0.476 e. The first kappa shape index (κ1) is 22.6. The van der Waals surface area contributed by atoms with E-state index in [9.17, 15) is 9.59 Å². The van der Waals surface area contributed by atoms with Crippen molar-refractivity contribution in [2.24, 2.45) is 0 Å². The Morgan fingerprint density at radius 2 is 1.67 bits per heavy atom. The second-order valence-corrected chi connectivity index (χ2v) is 9.40. The van der Waals surface area contributed by atoms with Gasteiger partial charge in [-0.05, 0) is 68.1 Å². The fourth-order valence-electron chi connectivity index (χ4n) is 3.90. The number of rotatable bonds is 5. The molecule has 5 nitrogen and oxygen atoms in total. The molecule has 2 amide bonds. The van der Waals surface area contributed by atoms with Crippen LogP contribution < -0.4 is 15.0 Å². The first-order chi connectivity index (χ1) is 15.6. The molecule has 0 fully saturated rings. The molecule has 0 radical (unpaired) electrons. The van der Waals surface area contributed by atoms with E-state index in [-0.39, 0.29) is 11.8 Å². The van der Waals surface area contributed by atoms with Crippen molar-refractivity contribution in [1.29, 1.82) is 0 Å². The summed E-state index contributed by atoms with van der Waals surface area (Å²) in [5.41, 5.74) is 4.19. The number of nitrogens with one attached hydrogen (secondary N) is 1. The van der Waals surface area contributed by atoms with E-state index in [0.29, 0.717) is 29.5 Å². The van der Waals surface area contributed by atoms with Crippen molar-refractivity contribution in [3.63, 3.8) is 0 Å². The molecule has 0 unspecified atom stereocenters. The van der Waals surface area contributed by atoms with E-state index >= 15 is 0 Å². The van der Waals surface area contributed by atoms with E-state index in [2.05, 4.69) is 19.2 Å². The normalized spacial score (nSPS) is 14.6. The van der Waals surface area contributed by atoms with E-state index in [1.807, 2.05) is 55.5 Å². The van der Waals surface area contributed by atoms with Crippen LogP contribution in [0.15, 0.2) is 66.7 Å². The van der Waals surface area contributed by atoms with Crippen molar-refractivity contribution in [2.45, 2.75) is 52.7 Å². The summed E-state index contributed by atoms with van der Waals surface area (Å²) in [6.07, 6.45) is 0. The highest BCUT2D eigenvalue weighted by Gasteiger charge is 2.41. The predicted octanol–water partition coefficient (Wildman–Crippen LogP) is 6.07. The Balaban J connectivity index is 1.62. The summed E-state index contributed by atoms with van der Waals surface area (Å²) in [4.78, 5) is 27.9. The first-order valence-electron chi connectivity index (χ1n) is 11.3. The molecule has 0 saturated carbocycles. The van der Waals surface area contributed by atoms with Crippen molar-refractivity contribution >= 4 is 23.2 Å². The van der Waals surface area contributed by atoms with Gasteiger partial charge in [-0.1, -0.05) is 55.8 Å². The number of nitrogens with zero attached hydrogens (tertiary/aromatic N) is 1. The molecule has 3 aromatic rings. The number of carbonyl (C=O) groups is 2. The highest BCUT2D eigenvalue weighted by Crippen LogP contribution is 2.39. The Hall–Kier alpha value is -3.60. The van der Waals surface area contributed by atoms with Crippen molar-refractivity contribution < 1.29 is 14.3 Å². The Kier molecular flexibility index (Phi) is 5.98. The predicted molar refractivity (Wildman–Crippen MR) is 132 cm³/mol. The highest BCUT2D eigenvalue weighted by atomic mass is 16.5. The minimum absolute atomic E-state index is 0.141. The third-order valence-corrected chi connectivity index (χ3v) is 5.93. The second kappa shape index (κ2) is 8.74. The SMILES string of the molecule is Cc1ccc(CN2C(=O)C(C)(C)Oc3ccc(C(=O)Nc4ccc(C(C)C)cc4)cc32)cc1. The van der Waals surface area contributed by atoms with Gasteiger partial charge in [0.2, 0.25) is 0 Å². The van der Waals surface area contributed by atoms with Gasteiger partial charge >= 0.3 is 0 Å². The molecule has 1 aliphatic heterocycles. The molecule has 1 N–H and O–H groups in total. The molecule has 1 aliphatic rings. The summed E-state index contributed by atoms with van der Waals surface area (Å²) in [5, 5.41) is 2.95. The number of hydrogen-bond acceptors (Lipinski definition) is 3. The molecule has 0 atom stereocenters. The van der Waals surface area contributed by atoms with Gasteiger partial charge in [0.1, 0.15) is 5.75 Å². The van der Waals surface area contributed by atoms with Crippen LogP contribution in [-0.2, 0) is 11.3 Å². The molecule has 0 bridgehead atoms. The lowest BCUT2D eigenvalue weighted by atomic mass is 10.0. The summed E-state index contributed by atoms with van der Waals surface area (Å²) < 4.78 is 5.98. The van der Waals surface area contributed by atoms with E-state index in [4.69, 9.17) is 4.74 Å². The van der Waals surface area contributed by atoms with Crippen LogP contribution >= 0.6 is 0 Å². The van der Waals surface area contributed by atoms with Crippen LogP contribution in [0.2, 0.25) is 0 Å². The topological polar surface area (TPSA) is 58.6 Å². The van der Waals surface area contributed by atoms with Gasteiger partial charge in [0, 0.05) is 11.3 Å². The number of carbonyl (C=O) groups excluding carboxylic acids is 2. The Morgan fingerprint density at radius 3 is 2.30 bits per heavy atom. The van der Waals surface area contributed by atoms with Crippen LogP contribution in [0.3, 0.4) is 0 Å². The van der Waals surface area contributed by atoms with Gasteiger partial charge in [0.15, 0.2) is 5.60 Å². The highest BCUT2D eigenvalue weighted by molar-refractivity contribution is 6.07. The maximum Gasteiger partial charge on any atom is 0.271 e. The zero-order valence-corrected chi connectivity index (χ0v) is 19.8.